The number of nitrogens with zero attached hydrogens (tertiary/aromatic N) is 3. The fraction of sp³-hybridized carbons (Fsp3) is 0.300. The molecule has 4 rings (SSSR count). The number of rotatable bonds is 3. The maximum atomic E-state index is 14.8. The number of hydrogen-bond acceptors (Lipinski definition) is 3. The van der Waals surface area contributed by atoms with E-state index in [9.17, 15) is 13.2 Å². The Kier molecular flexibility index (Phi) is 4.91. The van der Waals surface area contributed by atoms with Crippen LogP contribution in [0.2, 0.25) is 5.02 Å². The molecule has 0 radical (unpaired) electrons. The number of aromatic nitrogens is 2. The topological polar surface area (TPSA) is 29.0 Å². The maximum absolute atomic E-state index is 14.8. The van der Waals surface area contributed by atoms with Crippen molar-refractivity contribution in [3.05, 3.63) is 64.9 Å². The Balaban J connectivity index is 1.49. The standard InChI is InChI=1S/C20H17ClF3N3/c21-16-9-13-3-6-25-11-18(13)26-20(16)27-7-4-12(5-8-27)19(24)15-2-1-14(22)10-17(15)23/h1-3,6,9-12,19H,4-5,7-8H2/t19-/m0/s1. The highest BCUT2D eigenvalue weighted by molar-refractivity contribution is 6.33. The Hall–Kier alpha value is -2.34. The van der Waals surface area contributed by atoms with Crippen LogP contribution in [-0.2, 0) is 0 Å². The molecule has 1 atom stereocenters. The zero-order chi connectivity index (χ0) is 19.0. The van der Waals surface area contributed by atoms with Crippen LogP contribution in [0.25, 0.3) is 10.9 Å². The van der Waals surface area contributed by atoms with Crippen molar-refractivity contribution in [1.29, 1.82) is 0 Å². The molecule has 1 fully saturated rings. The molecule has 1 aliphatic heterocycles. The van der Waals surface area contributed by atoms with Crippen LogP contribution in [0.3, 0.4) is 0 Å². The molecule has 3 nitrogen and oxygen atoms in total. The van der Waals surface area contributed by atoms with Crippen LogP contribution in [0.15, 0.2) is 42.7 Å². The Morgan fingerprint density at radius 1 is 1.11 bits per heavy atom. The van der Waals surface area contributed by atoms with Gasteiger partial charge in [0.05, 0.1) is 16.7 Å². The normalized spacial score (nSPS) is 16.7. The third-order valence-electron chi connectivity index (χ3n) is 5.07. The number of pyridine rings is 2. The lowest BCUT2D eigenvalue weighted by atomic mass is 9.88. The molecule has 3 heterocycles. The predicted molar refractivity (Wildman–Crippen MR) is 99.7 cm³/mol. The Labute approximate surface area is 159 Å². The van der Waals surface area contributed by atoms with Gasteiger partial charge in [-0.05, 0) is 37.0 Å². The highest BCUT2D eigenvalue weighted by Crippen LogP contribution is 2.37. The fourth-order valence-corrected chi connectivity index (χ4v) is 3.87. The van der Waals surface area contributed by atoms with Gasteiger partial charge in [0.2, 0.25) is 0 Å². The first kappa shape index (κ1) is 18.0. The van der Waals surface area contributed by atoms with E-state index in [-0.39, 0.29) is 11.5 Å². The number of anilines is 1. The Bertz CT molecular complexity index is 974. The van der Waals surface area contributed by atoms with Crippen molar-refractivity contribution in [3.8, 4) is 0 Å². The van der Waals surface area contributed by atoms with E-state index in [2.05, 4.69) is 9.97 Å². The number of benzene rings is 1. The average Bonchev–Trinajstić information content (AvgIpc) is 2.67. The summed E-state index contributed by atoms with van der Waals surface area (Å²) in [5, 5.41) is 1.44. The maximum Gasteiger partial charge on any atom is 0.148 e. The van der Waals surface area contributed by atoms with Crippen molar-refractivity contribution in [2.24, 2.45) is 5.92 Å². The SMILES string of the molecule is Fc1ccc([C@@H](F)C2CCN(c3nc4cnccc4cc3Cl)CC2)c(F)c1. The molecule has 0 unspecified atom stereocenters. The molecule has 7 heteroatoms. The van der Waals surface area contributed by atoms with Crippen LogP contribution in [0.1, 0.15) is 24.6 Å². The summed E-state index contributed by atoms with van der Waals surface area (Å²) in [6.07, 6.45) is 2.96. The summed E-state index contributed by atoms with van der Waals surface area (Å²) in [4.78, 5) is 10.7. The molecular formula is C20H17ClF3N3. The summed E-state index contributed by atoms with van der Waals surface area (Å²) < 4.78 is 41.7. The van der Waals surface area contributed by atoms with Crippen LogP contribution < -0.4 is 4.90 Å². The Morgan fingerprint density at radius 2 is 1.89 bits per heavy atom. The van der Waals surface area contributed by atoms with Gasteiger partial charge in [-0.15, -0.1) is 0 Å². The molecule has 1 saturated heterocycles. The van der Waals surface area contributed by atoms with Crippen LogP contribution in [0.4, 0.5) is 19.0 Å². The fourth-order valence-electron chi connectivity index (χ4n) is 3.59. The quantitative estimate of drug-likeness (QED) is 0.591. The van der Waals surface area contributed by atoms with Gasteiger partial charge in [-0.25, -0.2) is 18.2 Å². The molecule has 0 spiro atoms. The largest absolute Gasteiger partial charge is 0.355 e. The van der Waals surface area contributed by atoms with Crippen LogP contribution in [0.5, 0.6) is 0 Å². The summed E-state index contributed by atoms with van der Waals surface area (Å²) in [6, 6.07) is 6.70. The molecule has 0 bridgehead atoms. The molecule has 0 N–H and O–H groups in total. The van der Waals surface area contributed by atoms with E-state index in [1.54, 1.807) is 12.4 Å². The summed E-state index contributed by atoms with van der Waals surface area (Å²) in [6.45, 7) is 1.12. The van der Waals surface area contributed by atoms with Gasteiger partial charge in [-0.2, -0.15) is 0 Å². The third kappa shape index (κ3) is 3.58. The lowest BCUT2D eigenvalue weighted by Crippen LogP contribution is -2.35. The second-order valence-electron chi connectivity index (χ2n) is 6.75. The van der Waals surface area contributed by atoms with Gasteiger partial charge in [0.25, 0.3) is 0 Å². The first-order chi connectivity index (χ1) is 13.0. The van der Waals surface area contributed by atoms with Gasteiger partial charge in [0.1, 0.15) is 23.6 Å². The van der Waals surface area contributed by atoms with Crippen LogP contribution >= 0.6 is 11.6 Å². The van der Waals surface area contributed by atoms with E-state index in [1.165, 1.54) is 6.07 Å². The molecule has 0 amide bonds. The Morgan fingerprint density at radius 3 is 2.63 bits per heavy atom. The lowest BCUT2D eigenvalue weighted by Gasteiger charge is -2.34. The molecule has 0 saturated carbocycles. The number of piperidine rings is 1. The van der Waals surface area contributed by atoms with Crippen molar-refractivity contribution in [1.82, 2.24) is 9.97 Å². The minimum absolute atomic E-state index is 0.0808. The molecule has 3 aromatic rings. The lowest BCUT2D eigenvalue weighted by molar-refractivity contribution is 0.193. The molecule has 27 heavy (non-hydrogen) atoms. The van der Waals surface area contributed by atoms with Crippen LogP contribution in [0, 0.1) is 17.6 Å². The number of fused-ring (bicyclic) bond motifs is 1. The van der Waals surface area contributed by atoms with E-state index in [0.29, 0.717) is 36.8 Å². The second kappa shape index (κ2) is 7.35. The van der Waals surface area contributed by atoms with E-state index < -0.39 is 17.8 Å². The summed E-state index contributed by atoms with van der Waals surface area (Å²) in [7, 11) is 0. The highest BCUT2D eigenvalue weighted by atomic mass is 35.5. The smallest absolute Gasteiger partial charge is 0.148 e. The third-order valence-corrected chi connectivity index (χ3v) is 5.35. The average molecular weight is 392 g/mol. The number of alkyl halides is 1. The number of halogens is 4. The number of hydrogen-bond donors (Lipinski definition) is 0. The molecule has 2 aromatic heterocycles. The van der Waals surface area contributed by atoms with Gasteiger partial charge in [-0.3, -0.25) is 4.98 Å². The zero-order valence-electron chi connectivity index (χ0n) is 14.4. The van der Waals surface area contributed by atoms with E-state index in [0.717, 1.165) is 23.0 Å². The first-order valence-electron chi connectivity index (χ1n) is 8.77. The van der Waals surface area contributed by atoms with Gasteiger partial charge >= 0.3 is 0 Å². The molecule has 1 aliphatic rings. The van der Waals surface area contributed by atoms with Crippen molar-refractivity contribution >= 4 is 28.3 Å². The van der Waals surface area contributed by atoms with Crippen molar-refractivity contribution in [3.63, 3.8) is 0 Å². The predicted octanol–water partition coefficient (Wildman–Crippen LogP) is 5.49. The van der Waals surface area contributed by atoms with Crippen molar-refractivity contribution in [2.45, 2.75) is 19.0 Å². The van der Waals surface area contributed by atoms with E-state index in [1.807, 2.05) is 17.0 Å². The minimum atomic E-state index is -1.46. The van der Waals surface area contributed by atoms with Gasteiger partial charge in [-0.1, -0.05) is 17.7 Å². The van der Waals surface area contributed by atoms with Gasteiger partial charge < -0.3 is 4.90 Å². The summed E-state index contributed by atoms with van der Waals surface area (Å²) in [5.41, 5.74) is 0.665. The van der Waals surface area contributed by atoms with Crippen LogP contribution in [-0.4, -0.2) is 23.1 Å². The van der Waals surface area contributed by atoms with E-state index in [4.69, 9.17) is 11.6 Å². The van der Waals surface area contributed by atoms with Gasteiger partial charge in [0.15, 0.2) is 0 Å². The molecular weight excluding hydrogens is 375 g/mol. The summed E-state index contributed by atoms with van der Waals surface area (Å²) in [5.74, 6) is -1.22. The highest BCUT2D eigenvalue weighted by Gasteiger charge is 2.30. The second-order valence-corrected chi connectivity index (χ2v) is 7.16. The zero-order valence-corrected chi connectivity index (χ0v) is 15.1. The molecule has 1 aromatic carbocycles. The summed E-state index contributed by atoms with van der Waals surface area (Å²) >= 11 is 6.38. The molecule has 0 aliphatic carbocycles. The van der Waals surface area contributed by atoms with Crippen molar-refractivity contribution < 1.29 is 13.2 Å². The first-order valence-corrected chi connectivity index (χ1v) is 9.15. The molecule has 140 valence electrons. The minimum Gasteiger partial charge on any atom is -0.355 e. The monoisotopic (exact) mass is 391 g/mol. The van der Waals surface area contributed by atoms with Crippen molar-refractivity contribution in [2.75, 3.05) is 18.0 Å². The van der Waals surface area contributed by atoms with Gasteiger partial charge in [0, 0.05) is 36.3 Å². The van der Waals surface area contributed by atoms with E-state index >= 15 is 0 Å².